The standard InChI is InChI=1S/C28H33ClN2O3/c1-18-16-23-22(13-12-21(30-23)17-31-14-6-5-7-15-31)25(19-8-10-20(29)11-9-19)24(18)26(27(32)33)34-28(2,3)4/h8-13,16,26H,5-7,14-15,17H2,1-4H3,(H,32,33)/t26-/m0/s1. The zero-order valence-corrected chi connectivity index (χ0v) is 21.2. The van der Waals surface area contributed by atoms with Crippen molar-refractivity contribution in [1.82, 2.24) is 9.88 Å². The molecular formula is C28H33ClN2O3. The Morgan fingerprint density at radius 2 is 1.79 bits per heavy atom. The maximum atomic E-state index is 12.4. The number of benzene rings is 2. The van der Waals surface area contributed by atoms with Crippen molar-refractivity contribution in [2.24, 2.45) is 0 Å². The number of rotatable bonds is 6. The van der Waals surface area contributed by atoms with Gasteiger partial charge in [-0.2, -0.15) is 0 Å². The summed E-state index contributed by atoms with van der Waals surface area (Å²) < 4.78 is 6.07. The number of carboxylic acid groups (broad SMARTS) is 1. The van der Waals surface area contributed by atoms with E-state index in [0.717, 1.165) is 52.9 Å². The van der Waals surface area contributed by atoms with Gasteiger partial charge in [0.2, 0.25) is 0 Å². The Bertz CT molecular complexity index is 1180. The lowest BCUT2D eigenvalue weighted by atomic mass is 9.88. The number of aromatic nitrogens is 1. The van der Waals surface area contributed by atoms with Crippen molar-refractivity contribution in [3.63, 3.8) is 0 Å². The van der Waals surface area contributed by atoms with E-state index in [2.05, 4.69) is 17.0 Å². The van der Waals surface area contributed by atoms with Crippen LogP contribution in [0, 0.1) is 6.92 Å². The molecule has 1 aromatic heterocycles. The highest BCUT2D eigenvalue weighted by molar-refractivity contribution is 6.30. The molecule has 1 aliphatic rings. The number of aliphatic carboxylic acids is 1. The Hall–Kier alpha value is -2.47. The molecule has 1 N–H and O–H groups in total. The first kappa shape index (κ1) is 24.6. The zero-order chi connectivity index (χ0) is 24.5. The highest BCUT2D eigenvalue weighted by Gasteiger charge is 2.31. The van der Waals surface area contributed by atoms with E-state index in [1.54, 1.807) is 0 Å². The Morgan fingerprint density at radius 3 is 2.41 bits per heavy atom. The highest BCUT2D eigenvalue weighted by Crippen LogP contribution is 2.40. The molecule has 5 nitrogen and oxygen atoms in total. The average molecular weight is 481 g/mol. The first-order valence-electron chi connectivity index (χ1n) is 11.9. The first-order chi connectivity index (χ1) is 16.1. The minimum Gasteiger partial charge on any atom is -0.479 e. The summed E-state index contributed by atoms with van der Waals surface area (Å²) in [7, 11) is 0. The maximum absolute atomic E-state index is 12.4. The van der Waals surface area contributed by atoms with Gasteiger partial charge in [-0.1, -0.05) is 36.2 Å². The van der Waals surface area contributed by atoms with E-state index < -0.39 is 17.7 Å². The minimum absolute atomic E-state index is 0.627. The second-order valence-electron chi connectivity index (χ2n) is 10.1. The number of piperidine rings is 1. The van der Waals surface area contributed by atoms with E-state index in [1.807, 2.05) is 58.0 Å². The lowest BCUT2D eigenvalue weighted by Crippen LogP contribution is -2.29. The van der Waals surface area contributed by atoms with Crippen LogP contribution in [-0.4, -0.2) is 39.7 Å². The van der Waals surface area contributed by atoms with Gasteiger partial charge < -0.3 is 9.84 Å². The molecule has 1 aliphatic heterocycles. The van der Waals surface area contributed by atoms with Crippen molar-refractivity contribution >= 4 is 28.5 Å². The predicted octanol–water partition coefficient (Wildman–Crippen LogP) is 6.79. The molecular weight excluding hydrogens is 448 g/mol. The Labute approximate surface area is 206 Å². The van der Waals surface area contributed by atoms with Crippen LogP contribution in [0.25, 0.3) is 22.0 Å². The van der Waals surface area contributed by atoms with Crippen LogP contribution in [0.5, 0.6) is 0 Å². The van der Waals surface area contributed by atoms with Gasteiger partial charge in [-0.15, -0.1) is 0 Å². The number of aryl methyl sites for hydroxylation is 1. The van der Waals surface area contributed by atoms with Crippen LogP contribution in [-0.2, 0) is 16.1 Å². The Balaban J connectivity index is 1.89. The van der Waals surface area contributed by atoms with Crippen LogP contribution in [0.15, 0.2) is 42.5 Å². The third-order valence-electron chi connectivity index (χ3n) is 6.22. The second kappa shape index (κ2) is 10.0. The van der Waals surface area contributed by atoms with E-state index in [4.69, 9.17) is 21.3 Å². The molecule has 6 heteroatoms. The molecule has 2 aromatic carbocycles. The molecule has 1 saturated heterocycles. The Kier molecular flexibility index (Phi) is 7.27. The fourth-order valence-electron chi connectivity index (χ4n) is 4.75. The summed E-state index contributed by atoms with van der Waals surface area (Å²) in [6.07, 6.45) is 2.67. The monoisotopic (exact) mass is 480 g/mol. The molecule has 34 heavy (non-hydrogen) atoms. The third-order valence-corrected chi connectivity index (χ3v) is 6.48. The number of carboxylic acids is 1. The molecule has 1 atom stereocenters. The molecule has 0 bridgehead atoms. The molecule has 0 aliphatic carbocycles. The van der Waals surface area contributed by atoms with Gasteiger partial charge in [0, 0.05) is 22.5 Å². The van der Waals surface area contributed by atoms with Crippen molar-refractivity contribution in [2.75, 3.05) is 13.1 Å². The highest BCUT2D eigenvalue weighted by atomic mass is 35.5. The number of halogens is 1. The molecule has 0 amide bonds. The number of hydrogen-bond acceptors (Lipinski definition) is 4. The lowest BCUT2D eigenvalue weighted by molar-refractivity contribution is -0.160. The van der Waals surface area contributed by atoms with Gasteiger partial charge in [0.25, 0.3) is 0 Å². The molecule has 0 spiro atoms. The van der Waals surface area contributed by atoms with Crippen LogP contribution in [0.4, 0.5) is 0 Å². The molecule has 180 valence electrons. The number of carbonyl (C=O) groups is 1. The molecule has 1 fully saturated rings. The number of pyridine rings is 1. The normalized spacial score (nSPS) is 16.0. The lowest BCUT2D eigenvalue weighted by Gasteiger charge is -2.29. The topological polar surface area (TPSA) is 62.7 Å². The van der Waals surface area contributed by atoms with Crippen LogP contribution < -0.4 is 0 Å². The molecule has 0 unspecified atom stereocenters. The quantitative estimate of drug-likeness (QED) is 0.420. The van der Waals surface area contributed by atoms with E-state index in [-0.39, 0.29) is 0 Å². The van der Waals surface area contributed by atoms with Crippen molar-refractivity contribution in [1.29, 1.82) is 0 Å². The van der Waals surface area contributed by atoms with Gasteiger partial charge in [0.05, 0.1) is 16.8 Å². The zero-order valence-electron chi connectivity index (χ0n) is 20.4. The van der Waals surface area contributed by atoms with Crippen LogP contribution in [0.3, 0.4) is 0 Å². The van der Waals surface area contributed by atoms with Gasteiger partial charge in [0.15, 0.2) is 6.10 Å². The second-order valence-corrected chi connectivity index (χ2v) is 10.6. The largest absolute Gasteiger partial charge is 0.479 e. The number of hydrogen-bond donors (Lipinski definition) is 1. The molecule has 0 radical (unpaired) electrons. The van der Waals surface area contributed by atoms with E-state index in [9.17, 15) is 9.90 Å². The van der Waals surface area contributed by atoms with Gasteiger partial charge in [-0.05, 0) is 94.6 Å². The summed E-state index contributed by atoms with van der Waals surface area (Å²) in [5.74, 6) is -1.01. The molecule has 0 saturated carbocycles. The summed E-state index contributed by atoms with van der Waals surface area (Å²) in [6, 6.07) is 13.6. The average Bonchev–Trinajstić information content (AvgIpc) is 2.77. The predicted molar refractivity (Wildman–Crippen MR) is 137 cm³/mol. The summed E-state index contributed by atoms with van der Waals surface area (Å²) in [5.41, 5.74) is 4.49. The van der Waals surface area contributed by atoms with Gasteiger partial charge in [0.1, 0.15) is 0 Å². The smallest absolute Gasteiger partial charge is 0.337 e. The summed E-state index contributed by atoms with van der Waals surface area (Å²) >= 11 is 6.17. The first-order valence-corrected chi connectivity index (χ1v) is 12.3. The number of nitrogens with zero attached hydrogens (tertiary/aromatic N) is 2. The number of likely N-dealkylation sites (tertiary alicyclic amines) is 1. The van der Waals surface area contributed by atoms with E-state index in [0.29, 0.717) is 10.6 Å². The van der Waals surface area contributed by atoms with Crippen molar-refractivity contribution in [2.45, 2.75) is 65.2 Å². The Morgan fingerprint density at radius 1 is 1.12 bits per heavy atom. The number of fused-ring (bicyclic) bond motifs is 1. The van der Waals surface area contributed by atoms with Crippen molar-refractivity contribution in [3.05, 3.63) is 64.3 Å². The summed E-state index contributed by atoms with van der Waals surface area (Å²) in [4.78, 5) is 19.9. The van der Waals surface area contributed by atoms with Crippen LogP contribution in [0.2, 0.25) is 5.02 Å². The fourth-order valence-corrected chi connectivity index (χ4v) is 4.88. The SMILES string of the molecule is Cc1cc2nc(CN3CCCCC3)ccc2c(-c2ccc(Cl)cc2)c1[C@H](OC(C)(C)C)C(=O)O. The van der Waals surface area contributed by atoms with E-state index >= 15 is 0 Å². The summed E-state index contributed by atoms with van der Waals surface area (Å²) in [5, 5.41) is 11.7. The van der Waals surface area contributed by atoms with Gasteiger partial charge in [-0.3, -0.25) is 9.88 Å². The van der Waals surface area contributed by atoms with Gasteiger partial charge >= 0.3 is 5.97 Å². The number of ether oxygens (including phenoxy) is 1. The summed E-state index contributed by atoms with van der Waals surface area (Å²) in [6.45, 7) is 10.6. The third kappa shape index (κ3) is 5.60. The van der Waals surface area contributed by atoms with Crippen LogP contribution in [0.1, 0.15) is 63.0 Å². The molecule has 3 aromatic rings. The fraction of sp³-hybridized carbons (Fsp3) is 0.429. The maximum Gasteiger partial charge on any atom is 0.337 e. The molecule has 2 heterocycles. The van der Waals surface area contributed by atoms with Gasteiger partial charge in [-0.25, -0.2) is 4.79 Å². The minimum atomic E-state index is -1.11. The van der Waals surface area contributed by atoms with E-state index in [1.165, 1.54) is 19.3 Å². The van der Waals surface area contributed by atoms with Crippen molar-refractivity contribution in [3.8, 4) is 11.1 Å². The van der Waals surface area contributed by atoms with Crippen molar-refractivity contribution < 1.29 is 14.6 Å². The molecule has 4 rings (SSSR count). The van der Waals surface area contributed by atoms with Crippen LogP contribution >= 0.6 is 11.6 Å².